The molecule has 8 heteroatoms. The van der Waals surface area contributed by atoms with E-state index in [0.29, 0.717) is 31.2 Å². The van der Waals surface area contributed by atoms with Crippen LogP contribution in [-0.2, 0) is 20.8 Å². The van der Waals surface area contributed by atoms with Crippen LogP contribution in [0.25, 0.3) is 0 Å². The number of nitrogens with two attached hydrogens (primary N) is 1. The van der Waals surface area contributed by atoms with E-state index in [1.54, 1.807) is 0 Å². The van der Waals surface area contributed by atoms with Gasteiger partial charge in [0.1, 0.15) is 0 Å². The molecule has 1 heterocycles. The molecule has 1 aliphatic carbocycles. The number of amides is 3. The first-order valence-electron chi connectivity index (χ1n) is 13.9. The van der Waals surface area contributed by atoms with E-state index in [0.717, 1.165) is 24.9 Å². The Kier molecular flexibility index (Phi) is 10.5. The van der Waals surface area contributed by atoms with Gasteiger partial charge in [-0.05, 0) is 63.9 Å². The summed E-state index contributed by atoms with van der Waals surface area (Å²) in [6, 6.07) is 8.96. The molecule has 1 saturated heterocycles. The molecule has 1 aliphatic heterocycles. The predicted octanol–water partition coefficient (Wildman–Crippen LogP) is 2.53. The summed E-state index contributed by atoms with van der Waals surface area (Å²) < 4.78 is 0. The Morgan fingerprint density at radius 3 is 2.41 bits per heavy atom. The van der Waals surface area contributed by atoms with E-state index in [2.05, 4.69) is 15.5 Å². The van der Waals surface area contributed by atoms with Crippen molar-refractivity contribution in [3.05, 3.63) is 35.9 Å². The number of likely N-dealkylation sites (tertiary alicyclic amines) is 1. The third kappa shape index (κ3) is 9.42. The van der Waals surface area contributed by atoms with Crippen molar-refractivity contribution < 1.29 is 19.5 Å². The number of hydrogen-bond donors (Lipinski definition) is 4. The second kappa shape index (κ2) is 13.4. The van der Waals surface area contributed by atoms with Gasteiger partial charge in [0.25, 0.3) is 0 Å². The van der Waals surface area contributed by atoms with E-state index in [1.165, 1.54) is 19.3 Å². The monoisotopic (exact) mass is 514 g/mol. The summed E-state index contributed by atoms with van der Waals surface area (Å²) in [5.74, 6) is 0.450. The fourth-order valence-corrected chi connectivity index (χ4v) is 5.85. The number of aliphatic hydroxyl groups is 1. The first-order chi connectivity index (χ1) is 17.5. The van der Waals surface area contributed by atoms with E-state index in [4.69, 9.17) is 5.73 Å². The second-order valence-corrected chi connectivity index (χ2v) is 12.0. The highest BCUT2D eigenvalue weighted by atomic mass is 16.3. The molecule has 2 aliphatic rings. The number of benzene rings is 1. The van der Waals surface area contributed by atoms with Crippen molar-refractivity contribution in [1.82, 2.24) is 15.5 Å². The van der Waals surface area contributed by atoms with Crippen molar-refractivity contribution in [3.63, 3.8) is 0 Å². The van der Waals surface area contributed by atoms with Crippen LogP contribution in [0.4, 0.5) is 0 Å². The van der Waals surface area contributed by atoms with Gasteiger partial charge in [-0.3, -0.25) is 19.3 Å². The molecule has 1 saturated carbocycles. The summed E-state index contributed by atoms with van der Waals surface area (Å²) in [6.45, 7) is 7.05. The average Bonchev–Trinajstić information content (AvgIpc) is 2.82. The van der Waals surface area contributed by atoms with Crippen LogP contribution in [0.15, 0.2) is 30.3 Å². The van der Waals surface area contributed by atoms with Crippen LogP contribution in [0, 0.1) is 11.8 Å². The number of primary amides is 1. The Morgan fingerprint density at radius 1 is 1.08 bits per heavy atom. The molecule has 0 spiro atoms. The minimum atomic E-state index is -0.856. The van der Waals surface area contributed by atoms with Gasteiger partial charge in [-0.15, -0.1) is 0 Å². The normalized spacial score (nSPS) is 23.9. The highest BCUT2D eigenvalue weighted by Gasteiger charge is 2.41. The van der Waals surface area contributed by atoms with Gasteiger partial charge in [-0.2, -0.15) is 0 Å². The summed E-state index contributed by atoms with van der Waals surface area (Å²) >= 11 is 0. The maximum absolute atomic E-state index is 13.4. The van der Waals surface area contributed by atoms with Crippen LogP contribution in [0.1, 0.15) is 77.7 Å². The zero-order valence-electron chi connectivity index (χ0n) is 22.7. The molecule has 206 valence electrons. The minimum absolute atomic E-state index is 0.0128. The number of nitrogens with one attached hydrogen (secondary N) is 2. The maximum Gasteiger partial charge on any atom is 0.237 e. The van der Waals surface area contributed by atoms with Crippen molar-refractivity contribution in [2.75, 3.05) is 13.1 Å². The smallest absolute Gasteiger partial charge is 0.237 e. The average molecular weight is 515 g/mol. The summed E-state index contributed by atoms with van der Waals surface area (Å²) in [7, 11) is 0. The number of β-amino-alcohol motifs (C(OH)–C–C–N with tert-alkyl or cyclic N) is 1. The van der Waals surface area contributed by atoms with Gasteiger partial charge in [0.15, 0.2) is 0 Å². The lowest BCUT2D eigenvalue weighted by Crippen LogP contribution is -2.60. The molecule has 3 rings (SSSR count). The summed E-state index contributed by atoms with van der Waals surface area (Å²) in [6.07, 6.45) is 5.89. The van der Waals surface area contributed by atoms with Gasteiger partial charge < -0.3 is 21.5 Å². The van der Waals surface area contributed by atoms with E-state index >= 15 is 0 Å². The highest BCUT2D eigenvalue weighted by Crippen LogP contribution is 2.39. The van der Waals surface area contributed by atoms with Crippen molar-refractivity contribution in [2.24, 2.45) is 17.6 Å². The number of hydrogen-bond acceptors (Lipinski definition) is 5. The summed E-state index contributed by atoms with van der Waals surface area (Å²) in [4.78, 5) is 39.2. The molecule has 0 bridgehead atoms. The molecule has 2 fully saturated rings. The largest absolute Gasteiger partial charge is 0.390 e. The number of fused-ring (bicyclic) bond motifs is 1. The van der Waals surface area contributed by atoms with Crippen molar-refractivity contribution in [2.45, 2.75) is 102 Å². The lowest BCUT2D eigenvalue weighted by Gasteiger charge is -2.47. The molecule has 1 aromatic carbocycles. The lowest BCUT2D eigenvalue weighted by atomic mass is 9.72. The van der Waals surface area contributed by atoms with Gasteiger partial charge in [0, 0.05) is 31.5 Å². The van der Waals surface area contributed by atoms with E-state index in [9.17, 15) is 19.5 Å². The molecular weight excluding hydrogens is 468 g/mol. The first-order valence-corrected chi connectivity index (χ1v) is 13.9. The minimum Gasteiger partial charge on any atom is -0.390 e. The fourth-order valence-electron chi connectivity index (χ4n) is 5.85. The SMILES string of the molecule is CC(C)(C)NC(=O)[C@@H]1C[C@@H]2CCCC[C@@H]2CN1C[C@@H](O)[C@H](Cc1ccccc1)NC(=O)CCCC(N)=O. The van der Waals surface area contributed by atoms with Gasteiger partial charge in [-0.25, -0.2) is 0 Å². The predicted molar refractivity (Wildman–Crippen MR) is 144 cm³/mol. The van der Waals surface area contributed by atoms with Crippen molar-refractivity contribution in [3.8, 4) is 0 Å². The lowest BCUT2D eigenvalue weighted by molar-refractivity contribution is -0.133. The Labute approximate surface area is 221 Å². The third-order valence-corrected chi connectivity index (χ3v) is 7.66. The standard InChI is InChI=1S/C29H46N4O4/c1-29(2,3)32-28(37)24-17-21-12-7-8-13-22(21)18-33(24)19-25(34)23(16-20-10-5-4-6-11-20)31-27(36)15-9-14-26(30)35/h4-6,10-11,21-25,34H,7-9,12-19H2,1-3H3,(H2,30,35)(H,31,36)(H,32,37)/t21-,22+,23-,24-,25+/m0/s1. The molecule has 0 unspecified atom stereocenters. The van der Waals surface area contributed by atoms with Gasteiger partial charge in [0.05, 0.1) is 18.2 Å². The van der Waals surface area contributed by atoms with E-state index < -0.39 is 18.1 Å². The Balaban J connectivity index is 1.74. The van der Waals surface area contributed by atoms with Crippen LogP contribution < -0.4 is 16.4 Å². The molecular formula is C29H46N4O4. The molecule has 5 N–H and O–H groups in total. The second-order valence-electron chi connectivity index (χ2n) is 12.0. The summed E-state index contributed by atoms with van der Waals surface area (Å²) in [5.41, 5.74) is 5.89. The van der Waals surface area contributed by atoms with Gasteiger partial charge in [-0.1, -0.05) is 49.6 Å². The van der Waals surface area contributed by atoms with Crippen LogP contribution in [-0.4, -0.2) is 64.5 Å². The van der Waals surface area contributed by atoms with Crippen LogP contribution in [0.2, 0.25) is 0 Å². The van der Waals surface area contributed by atoms with Crippen molar-refractivity contribution >= 4 is 17.7 Å². The molecule has 37 heavy (non-hydrogen) atoms. The number of nitrogens with zero attached hydrogens (tertiary/aromatic N) is 1. The molecule has 5 atom stereocenters. The highest BCUT2D eigenvalue weighted by molar-refractivity contribution is 5.82. The number of carbonyl (C=O) groups excluding carboxylic acids is 3. The van der Waals surface area contributed by atoms with Gasteiger partial charge >= 0.3 is 0 Å². The molecule has 1 aromatic rings. The number of piperidine rings is 1. The Bertz CT molecular complexity index is 901. The van der Waals surface area contributed by atoms with E-state index in [-0.39, 0.29) is 36.2 Å². The molecule has 0 radical (unpaired) electrons. The van der Waals surface area contributed by atoms with Crippen molar-refractivity contribution in [1.29, 1.82) is 0 Å². The number of carbonyl (C=O) groups is 3. The first kappa shape index (κ1) is 29.1. The maximum atomic E-state index is 13.4. The number of rotatable bonds is 11. The summed E-state index contributed by atoms with van der Waals surface area (Å²) in [5, 5.41) is 17.6. The molecule has 3 amide bonds. The quantitative estimate of drug-likeness (QED) is 0.361. The Hall–Kier alpha value is -2.45. The molecule has 8 nitrogen and oxygen atoms in total. The van der Waals surface area contributed by atoms with Crippen LogP contribution >= 0.6 is 0 Å². The zero-order chi connectivity index (χ0) is 27.0. The Morgan fingerprint density at radius 2 is 1.76 bits per heavy atom. The topological polar surface area (TPSA) is 125 Å². The van der Waals surface area contributed by atoms with E-state index in [1.807, 2.05) is 51.1 Å². The molecule has 0 aromatic heterocycles. The van der Waals surface area contributed by atoms with Crippen LogP contribution in [0.5, 0.6) is 0 Å². The zero-order valence-corrected chi connectivity index (χ0v) is 22.7. The number of aliphatic hydroxyl groups excluding tert-OH is 1. The fraction of sp³-hybridized carbons (Fsp3) is 0.690. The van der Waals surface area contributed by atoms with Crippen LogP contribution in [0.3, 0.4) is 0 Å². The van der Waals surface area contributed by atoms with Gasteiger partial charge in [0.2, 0.25) is 17.7 Å². The third-order valence-electron chi connectivity index (χ3n) is 7.66.